The summed E-state index contributed by atoms with van der Waals surface area (Å²) >= 11 is 0. The summed E-state index contributed by atoms with van der Waals surface area (Å²) in [6.07, 6.45) is 1.78. The van der Waals surface area contributed by atoms with Gasteiger partial charge in [-0.05, 0) is 6.07 Å². The van der Waals surface area contributed by atoms with E-state index in [2.05, 4.69) is 16.3 Å². The van der Waals surface area contributed by atoms with Gasteiger partial charge in [0.05, 0.1) is 17.4 Å². The largest absolute Gasteiger partial charge is 0.376 e. The SMILES string of the molecule is CN(C)c1cnnc2ccccc12. The second kappa shape index (κ2) is 3.01. The van der Waals surface area contributed by atoms with Crippen LogP contribution in [-0.2, 0) is 0 Å². The molecule has 0 unspecified atom stereocenters. The zero-order valence-corrected chi connectivity index (χ0v) is 7.73. The van der Waals surface area contributed by atoms with Crippen LogP contribution < -0.4 is 4.90 Å². The molecule has 1 heterocycles. The zero-order chi connectivity index (χ0) is 9.26. The monoisotopic (exact) mass is 173 g/mol. The number of aromatic nitrogens is 2. The van der Waals surface area contributed by atoms with Gasteiger partial charge in [0.2, 0.25) is 0 Å². The van der Waals surface area contributed by atoms with Gasteiger partial charge in [-0.1, -0.05) is 18.2 Å². The van der Waals surface area contributed by atoms with E-state index < -0.39 is 0 Å². The summed E-state index contributed by atoms with van der Waals surface area (Å²) in [6, 6.07) is 8.00. The van der Waals surface area contributed by atoms with Crippen molar-refractivity contribution in [3.8, 4) is 0 Å². The molecule has 0 spiro atoms. The number of hydrogen-bond donors (Lipinski definition) is 0. The van der Waals surface area contributed by atoms with Crippen molar-refractivity contribution in [3.63, 3.8) is 0 Å². The molecule has 0 amide bonds. The Morgan fingerprint density at radius 2 is 1.92 bits per heavy atom. The van der Waals surface area contributed by atoms with Crippen LogP contribution in [0.4, 0.5) is 5.69 Å². The van der Waals surface area contributed by atoms with E-state index in [1.54, 1.807) is 6.20 Å². The summed E-state index contributed by atoms with van der Waals surface area (Å²) < 4.78 is 0. The van der Waals surface area contributed by atoms with Crippen molar-refractivity contribution in [2.45, 2.75) is 0 Å². The number of nitrogens with zero attached hydrogens (tertiary/aromatic N) is 3. The van der Waals surface area contributed by atoms with Crippen molar-refractivity contribution < 1.29 is 0 Å². The van der Waals surface area contributed by atoms with Gasteiger partial charge in [-0.2, -0.15) is 10.2 Å². The van der Waals surface area contributed by atoms with E-state index in [1.807, 2.05) is 37.2 Å². The number of benzene rings is 1. The summed E-state index contributed by atoms with van der Waals surface area (Å²) in [5, 5.41) is 9.13. The van der Waals surface area contributed by atoms with Gasteiger partial charge in [0.15, 0.2) is 0 Å². The third-order valence-corrected chi connectivity index (χ3v) is 2.01. The molecule has 3 nitrogen and oxygen atoms in total. The maximum atomic E-state index is 4.05. The molecule has 0 atom stereocenters. The molecular formula is C10H11N3. The molecule has 0 bridgehead atoms. The number of hydrogen-bond acceptors (Lipinski definition) is 3. The van der Waals surface area contributed by atoms with Gasteiger partial charge in [0.25, 0.3) is 0 Å². The van der Waals surface area contributed by atoms with Crippen molar-refractivity contribution in [2.75, 3.05) is 19.0 Å². The zero-order valence-electron chi connectivity index (χ0n) is 7.73. The molecule has 1 aromatic carbocycles. The van der Waals surface area contributed by atoms with Gasteiger partial charge in [0, 0.05) is 19.5 Å². The van der Waals surface area contributed by atoms with E-state index >= 15 is 0 Å². The quantitative estimate of drug-likeness (QED) is 0.657. The van der Waals surface area contributed by atoms with Crippen LogP contribution >= 0.6 is 0 Å². The standard InChI is InChI=1S/C10H11N3/c1-13(2)10-7-11-12-9-6-4-3-5-8(9)10/h3-7H,1-2H3. The van der Waals surface area contributed by atoms with E-state index in [1.165, 1.54) is 0 Å². The van der Waals surface area contributed by atoms with Gasteiger partial charge in [0.1, 0.15) is 0 Å². The number of rotatable bonds is 1. The van der Waals surface area contributed by atoms with E-state index in [4.69, 9.17) is 0 Å². The molecule has 0 aliphatic rings. The van der Waals surface area contributed by atoms with E-state index in [0.29, 0.717) is 0 Å². The summed E-state index contributed by atoms with van der Waals surface area (Å²) in [6.45, 7) is 0. The molecule has 66 valence electrons. The highest BCUT2D eigenvalue weighted by Crippen LogP contribution is 2.21. The summed E-state index contributed by atoms with van der Waals surface area (Å²) in [4.78, 5) is 2.04. The number of anilines is 1. The Balaban J connectivity index is 2.76. The van der Waals surface area contributed by atoms with Crippen molar-refractivity contribution >= 4 is 16.6 Å². The average molecular weight is 173 g/mol. The molecule has 0 aliphatic carbocycles. The van der Waals surface area contributed by atoms with Crippen LogP contribution in [0.1, 0.15) is 0 Å². The van der Waals surface area contributed by atoms with Crippen LogP contribution in [-0.4, -0.2) is 24.3 Å². The Morgan fingerprint density at radius 1 is 1.15 bits per heavy atom. The Bertz CT molecular complexity index is 418. The van der Waals surface area contributed by atoms with Gasteiger partial charge < -0.3 is 4.90 Å². The first kappa shape index (κ1) is 7.98. The lowest BCUT2D eigenvalue weighted by atomic mass is 10.2. The van der Waals surface area contributed by atoms with Crippen LogP contribution in [0, 0.1) is 0 Å². The molecule has 0 aliphatic heterocycles. The second-order valence-electron chi connectivity index (χ2n) is 3.14. The Labute approximate surface area is 77.0 Å². The van der Waals surface area contributed by atoms with Gasteiger partial charge in [-0.15, -0.1) is 0 Å². The molecular weight excluding hydrogens is 162 g/mol. The van der Waals surface area contributed by atoms with Crippen LogP contribution in [0.5, 0.6) is 0 Å². The fraction of sp³-hybridized carbons (Fsp3) is 0.200. The minimum Gasteiger partial charge on any atom is -0.376 e. The van der Waals surface area contributed by atoms with Crippen molar-refractivity contribution in [3.05, 3.63) is 30.5 Å². The topological polar surface area (TPSA) is 29.0 Å². The Kier molecular flexibility index (Phi) is 1.85. The molecule has 0 saturated carbocycles. The first-order valence-electron chi connectivity index (χ1n) is 4.17. The van der Waals surface area contributed by atoms with E-state index in [0.717, 1.165) is 16.6 Å². The highest BCUT2D eigenvalue weighted by atomic mass is 15.1. The molecule has 0 fully saturated rings. The molecule has 3 heteroatoms. The Hall–Kier alpha value is -1.64. The second-order valence-corrected chi connectivity index (χ2v) is 3.14. The Morgan fingerprint density at radius 3 is 2.69 bits per heavy atom. The first-order chi connectivity index (χ1) is 6.29. The van der Waals surface area contributed by atoms with Crippen LogP contribution in [0.25, 0.3) is 10.9 Å². The maximum Gasteiger partial charge on any atom is 0.0950 e. The van der Waals surface area contributed by atoms with Crippen LogP contribution in [0.15, 0.2) is 30.5 Å². The predicted molar refractivity (Wildman–Crippen MR) is 53.9 cm³/mol. The van der Waals surface area contributed by atoms with E-state index in [9.17, 15) is 0 Å². The molecule has 1 aromatic heterocycles. The number of fused-ring (bicyclic) bond motifs is 1. The molecule has 0 saturated heterocycles. The molecule has 13 heavy (non-hydrogen) atoms. The van der Waals surface area contributed by atoms with Gasteiger partial charge in [-0.25, -0.2) is 0 Å². The average Bonchev–Trinajstić information content (AvgIpc) is 2.17. The van der Waals surface area contributed by atoms with Crippen molar-refractivity contribution in [2.24, 2.45) is 0 Å². The third kappa shape index (κ3) is 1.33. The lowest BCUT2D eigenvalue weighted by molar-refractivity contribution is 1.04. The smallest absolute Gasteiger partial charge is 0.0950 e. The fourth-order valence-electron chi connectivity index (χ4n) is 1.35. The molecule has 2 rings (SSSR count). The fourth-order valence-corrected chi connectivity index (χ4v) is 1.35. The summed E-state index contributed by atoms with van der Waals surface area (Å²) in [7, 11) is 4.01. The summed E-state index contributed by atoms with van der Waals surface area (Å²) in [5.74, 6) is 0. The molecule has 0 radical (unpaired) electrons. The van der Waals surface area contributed by atoms with Crippen molar-refractivity contribution in [1.82, 2.24) is 10.2 Å². The normalized spacial score (nSPS) is 10.3. The first-order valence-corrected chi connectivity index (χ1v) is 4.17. The summed E-state index contributed by atoms with van der Waals surface area (Å²) in [5.41, 5.74) is 2.04. The lowest BCUT2D eigenvalue weighted by Crippen LogP contribution is -2.09. The van der Waals surface area contributed by atoms with Gasteiger partial charge >= 0.3 is 0 Å². The minimum atomic E-state index is 0.939. The van der Waals surface area contributed by atoms with Gasteiger partial charge in [-0.3, -0.25) is 0 Å². The van der Waals surface area contributed by atoms with E-state index in [-0.39, 0.29) is 0 Å². The minimum absolute atomic E-state index is 0.939. The van der Waals surface area contributed by atoms with Crippen molar-refractivity contribution in [1.29, 1.82) is 0 Å². The highest BCUT2D eigenvalue weighted by molar-refractivity contribution is 5.90. The predicted octanol–water partition coefficient (Wildman–Crippen LogP) is 1.70. The molecule has 0 N–H and O–H groups in total. The third-order valence-electron chi connectivity index (χ3n) is 2.01. The molecule has 2 aromatic rings. The maximum absolute atomic E-state index is 4.05. The highest BCUT2D eigenvalue weighted by Gasteiger charge is 2.02. The lowest BCUT2D eigenvalue weighted by Gasteiger charge is -2.13. The van der Waals surface area contributed by atoms with Crippen LogP contribution in [0.3, 0.4) is 0 Å². The van der Waals surface area contributed by atoms with Crippen LogP contribution in [0.2, 0.25) is 0 Å².